The van der Waals surface area contributed by atoms with Crippen molar-refractivity contribution in [1.82, 2.24) is 19.8 Å². The van der Waals surface area contributed by atoms with E-state index in [1.54, 1.807) is 37.6 Å². The van der Waals surface area contributed by atoms with E-state index < -0.39 is 0 Å². The molecular weight excluding hydrogens is 697 g/mol. The van der Waals surface area contributed by atoms with Crippen LogP contribution < -0.4 is 26.3 Å². The van der Waals surface area contributed by atoms with Gasteiger partial charge in [0.05, 0.1) is 27.9 Å². The Morgan fingerprint density at radius 1 is 0.880 bits per heavy atom. The standard InChI is InChI=1S/C37H42Cl3N7O3/c1-49-37-24(21-47-16-12-26(42)13-17-47)18-29(38)32(45-37)22-50-33-7-3-5-28(35(33)40)27-4-2-6-30(34(27)39)44-36(48)31-9-8-23(19-43-31)20-46-14-10-25(41)11-15-46/h2-9,18-19,25-26H,10-17,20-22,41-42H2,1H3,(H,44,48). The molecule has 2 aromatic heterocycles. The lowest BCUT2D eigenvalue weighted by molar-refractivity contribution is 0.102. The molecule has 0 bridgehead atoms. The van der Waals surface area contributed by atoms with E-state index in [0.717, 1.165) is 69.5 Å². The molecule has 0 saturated carbocycles. The van der Waals surface area contributed by atoms with Gasteiger partial charge in [0.1, 0.15) is 23.7 Å². The van der Waals surface area contributed by atoms with Crippen LogP contribution >= 0.6 is 34.8 Å². The molecule has 13 heteroatoms. The number of carbonyl (C=O) groups excluding carboxylic acids is 1. The lowest BCUT2D eigenvalue weighted by Gasteiger charge is -2.30. The highest BCUT2D eigenvalue weighted by Crippen LogP contribution is 2.41. The minimum Gasteiger partial charge on any atom is -0.486 e. The van der Waals surface area contributed by atoms with Gasteiger partial charge in [0, 0.05) is 48.1 Å². The van der Waals surface area contributed by atoms with Gasteiger partial charge in [-0.05, 0) is 81.7 Å². The minimum absolute atomic E-state index is 0.0685. The molecule has 10 nitrogen and oxygen atoms in total. The Balaban J connectivity index is 1.12. The number of benzene rings is 2. The number of nitrogens with two attached hydrogens (primary N) is 2. The average molecular weight is 739 g/mol. The van der Waals surface area contributed by atoms with E-state index in [2.05, 4.69) is 25.1 Å². The largest absolute Gasteiger partial charge is 0.486 e. The van der Waals surface area contributed by atoms with Crippen molar-refractivity contribution in [3.05, 3.63) is 98.4 Å². The van der Waals surface area contributed by atoms with Gasteiger partial charge < -0.3 is 26.3 Å². The van der Waals surface area contributed by atoms with Gasteiger partial charge in [0.15, 0.2) is 0 Å². The molecular formula is C37H42Cl3N7O3. The van der Waals surface area contributed by atoms with Crippen LogP contribution in [0.15, 0.2) is 60.8 Å². The summed E-state index contributed by atoms with van der Waals surface area (Å²) in [4.78, 5) is 26.9. The van der Waals surface area contributed by atoms with Crippen LogP contribution in [0.1, 0.15) is 53.0 Å². The van der Waals surface area contributed by atoms with Crippen LogP contribution in [0.3, 0.4) is 0 Å². The maximum Gasteiger partial charge on any atom is 0.274 e. The Hall–Kier alpha value is -3.48. The van der Waals surface area contributed by atoms with Crippen LogP contribution in [0.5, 0.6) is 11.6 Å². The summed E-state index contributed by atoms with van der Waals surface area (Å²) in [5, 5.41) is 4.06. The van der Waals surface area contributed by atoms with Crippen molar-refractivity contribution in [2.45, 2.75) is 57.5 Å². The van der Waals surface area contributed by atoms with Gasteiger partial charge in [-0.25, -0.2) is 4.98 Å². The number of carbonyl (C=O) groups is 1. The highest BCUT2D eigenvalue weighted by atomic mass is 35.5. The zero-order chi connectivity index (χ0) is 35.2. The third-order valence-corrected chi connectivity index (χ3v) is 10.4. The van der Waals surface area contributed by atoms with Crippen LogP contribution in [0, 0.1) is 0 Å². The SMILES string of the molecule is COc1nc(COc2cccc(-c3cccc(NC(=O)c4ccc(CN5CCC(N)CC5)cn4)c3Cl)c2Cl)c(Cl)cc1CN1CCC(N)CC1. The zero-order valence-electron chi connectivity index (χ0n) is 28.0. The minimum atomic E-state index is -0.367. The van der Waals surface area contributed by atoms with Gasteiger partial charge >= 0.3 is 0 Å². The second-order valence-electron chi connectivity index (χ2n) is 12.9. The van der Waals surface area contributed by atoms with E-state index in [1.165, 1.54) is 0 Å². The number of piperidine rings is 2. The second-order valence-corrected chi connectivity index (χ2v) is 14.1. The number of pyridine rings is 2. The number of anilines is 1. The summed E-state index contributed by atoms with van der Waals surface area (Å²) in [6.45, 7) is 5.28. The van der Waals surface area contributed by atoms with Crippen LogP contribution in [0.4, 0.5) is 5.69 Å². The molecule has 0 spiro atoms. The van der Waals surface area contributed by atoms with Gasteiger partial charge in [0.25, 0.3) is 5.91 Å². The summed E-state index contributed by atoms with van der Waals surface area (Å²) < 4.78 is 11.7. The lowest BCUT2D eigenvalue weighted by Crippen LogP contribution is -2.39. The second kappa shape index (κ2) is 16.7. The molecule has 2 aromatic carbocycles. The Morgan fingerprint density at radius 3 is 2.16 bits per heavy atom. The van der Waals surface area contributed by atoms with Gasteiger partial charge in [-0.15, -0.1) is 0 Å². The zero-order valence-corrected chi connectivity index (χ0v) is 30.3. The van der Waals surface area contributed by atoms with Crippen molar-refractivity contribution >= 4 is 46.4 Å². The number of methoxy groups -OCH3 is 1. The van der Waals surface area contributed by atoms with Crippen LogP contribution in [0.25, 0.3) is 11.1 Å². The van der Waals surface area contributed by atoms with Crippen molar-refractivity contribution in [3.8, 4) is 22.8 Å². The number of aromatic nitrogens is 2. The molecule has 0 aliphatic carbocycles. The monoisotopic (exact) mass is 737 g/mol. The van der Waals surface area contributed by atoms with Gasteiger partial charge in [-0.1, -0.05) is 65.1 Å². The average Bonchev–Trinajstić information content (AvgIpc) is 3.12. The van der Waals surface area contributed by atoms with E-state index in [4.69, 9.17) is 55.7 Å². The first kappa shape index (κ1) is 36.3. The Morgan fingerprint density at radius 2 is 1.52 bits per heavy atom. The molecule has 50 heavy (non-hydrogen) atoms. The van der Waals surface area contributed by atoms with Crippen LogP contribution in [-0.2, 0) is 19.7 Å². The molecule has 0 radical (unpaired) electrons. The maximum atomic E-state index is 13.2. The smallest absolute Gasteiger partial charge is 0.274 e. The van der Waals surface area contributed by atoms with E-state index >= 15 is 0 Å². The number of hydrogen-bond donors (Lipinski definition) is 3. The van der Waals surface area contributed by atoms with Crippen LogP contribution in [0.2, 0.25) is 15.1 Å². The summed E-state index contributed by atoms with van der Waals surface area (Å²) >= 11 is 20.4. The summed E-state index contributed by atoms with van der Waals surface area (Å²) in [7, 11) is 1.59. The Bertz CT molecular complexity index is 1790. The summed E-state index contributed by atoms with van der Waals surface area (Å²) in [5.74, 6) is 0.563. The lowest BCUT2D eigenvalue weighted by atomic mass is 10.0. The summed E-state index contributed by atoms with van der Waals surface area (Å²) in [6.07, 6.45) is 5.64. The number of nitrogens with one attached hydrogen (secondary N) is 1. The van der Waals surface area contributed by atoms with Gasteiger partial charge in [-0.3, -0.25) is 19.6 Å². The van der Waals surface area contributed by atoms with Crippen molar-refractivity contribution < 1.29 is 14.3 Å². The Labute approximate surface area is 308 Å². The number of ether oxygens (including phenoxy) is 2. The summed E-state index contributed by atoms with van der Waals surface area (Å²) in [5.41, 5.74) is 16.6. The normalized spacial score (nSPS) is 16.4. The summed E-state index contributed by atoms with van der Waals surface area (Å²) in [6, 6.07) is 16.9. The molecule has 2 fully saturated rings. The van der Waals surface area contributed by atoms with Crippen LogP contribution in [-0.4, -0.2) is 71.0 Å². The molecule has 2 aliphatic heterocycles. The number of nitrogens with zero attached hydrogens (tertiary/aromatic N) is 4. The topological polar surface area (TPSA) is 132 Å². The Kier molecular flexibility index (Phi) is 12.1. The molecule has 1 amide bonds. The maximum absolute atomic E-state index is 13.2. The van der Waals surface area contributed by atoms with Crippen molar-refractivity contribution in [3.63, 3.8) is 0 Å². The number of halogens is 3. The fraction of sp³-hybridized carbons (Fsp3) is 0.378. The van der Waals surface area contributed by atoms with E-state index in [-0.39, 0.29) is 30.3 Å². The molecule has 5 N–H and O–H groups in total. The molecule has 264 valence electrons. The van der Waals surface area contributed by atoms with E-state index in [1.807, 2.05) is 30.3 Å². The fourth-order valence-electron chi connectivity index (χ4n) is 6.31. The van der Waals surface area contributed by atoms with E-state index in [0.29, 0.717) is 55.8 Å². The van der Waals surface area contributed by atoms with Gasteiger partial charge in [-0.2, -0.15) is 0 Å². The molecule has 0 unspecified atom stereocenters. The number of amides is 1. The third-order valence-electron chi connectivity index (χ3n) is 9.27. The third kappa shape index (κ3) is 8.87. The van der Waals surface area contributed by atoms with Gasteiger partial charge in [0.2, 0.25) is 5.88 Å². The molecule has 6 rings (SSSR count). The predicted octanol–water partition coefficient (Wildman–Crippen LogP) is 6.79. The molecule has 2 saturated heterocycles. The van der Waals surface area contributed by atoms with Crippen molar-refractivity contribution in [1.29, 1.82) is 0 Å². The first-order valence-electron chi connectivity index (χ1n) is 16.8. The number of hydrogen-bond acceptors (Lipinski definition) is 9. The highest BCUT2D eigenvalue weighted by molar-refractivity contribution is 6.39. The molecule has 4 aromatic rings. The predicted molar refractivity (Wildman–Crippen MR) is 199 cm³/mol. The fourth-order valence-corrected chi connectivity index (χ4v) is 7.10. The first-order valence-corrected chi connectivity index (χ1v) is 18.0. The van der Waals surface area contributed by atoms with Crippen molar-refractivity contribution in [2.75, 3.05) is 38.6 Å². The van der Waals surface area contributed by atoms with E-state index in [9.17, 15) is 4.79 Å². The molecule has 0 atom stereocenters. The van der Waals surface area contributed by atoms with Crippen molar-refractivity contribution in [2.24, 2.45) is 11.5 Å². The molecule has 4 heterocycles. The first-order chi connectivity index (χ1) is 24.2. The quantitative estimate of drug-likeness (QED) is 0.152. The number of rotatable bonds is 11. The highest BCUT2D eigenvalue weighted by Gasteiger charge is 2.21. The molecule has 2 aliphatic rings. The number of likely N-dealkylation sites (tertiary alicyclic amines) is 2.